The lowest BCUT2D eigenvalue weighted by atomic mass is 9.97. The first-order valence-electron chi connectivity index (χ1n) is 19.3. The number of para-hydroxylation sites is 1. The van der Waals surface area contributed by atoms with E-state index in [0.29, 0.717) is 0 Å². The van der Waals surface area contributed by atoms with Crippen molar-refractivity contribution in [3.8, 4) is 44.5 Å². The van der Waals surface area contributed by atoms with Gasteiger partial charge in [0.25, 0.3) is 0 Å². The Morgan fingerprint density at radius 2 is 0.842 bits per heavy atom. The average Bonchev–Trinajstić information content (AvgIpc) is 3.86. The van der Waals surface area contributed by atoms with Crippen molar-refractivity contribution >= 4 is 70.5 Å². The first kappa shape index (κ1) is 33.2. The van der Waals surface area contributed by atoms with E-state index in [1.165, 1.54) is 69.9 Å². The van der Waals surface area contributed by atoms with Gasteiger partial charge in [0.15, 0.2) is 0 Å². The van der Waals surface area contributed by atoms with Crippen LogP contribution in [0.4, 0.5) is 17.1 Å². The third-order valence-corrected chi connectivity index (χ3v) is 12.4. The fourth-order valence-corrected chi connectivity index (χ4v) is 9.69. The van der Waals surface area contributed by atoms with Crippen LogP contribution in [0.1, 0.15) is 0 Å². The van der Waals surface area contributed by atoms with Gasteiger partial charge in [-0.3, -0.25) is 0 Å². The average molecular weight is 746 g/mol. The molecular weight excluding hydrogens is 711 g/mol. The Morgan fingerprint density at radius 1 is 0.316 bits per heavy atom. The summed E-state index contributed by atoms with van der Waals surface area (Å²) < 4.78 is 8.84. The molecule has 0 spiro atoms. The van der Waals surface area contributed by atoms with E-state index in [-0.39, 0.29) is 0 Å². The summed E-state index contributed by atoms with van der Waals surface area (Å²) in [6.45, 7) is 0. The molecule has 2 nitrogen and oxygen atoms in total. The molecule has 0 aliphatic rings. The predicted molar refractivity (Wildman–Crippen MR) is 243 cm³/mol. The molecule has 0 radical (unpaired) electrons. The molecule has 2 aromatic heterocycles. The van der Waals surface area contributed by atoms with Gasteiger partial charge in [-0.2, -0.15) is 0 Å². The fourth-order valence-electron chi connectivity index (χ4n) is 8.30. The van der Waals surface area contributed by atoms with E-state index in [1.54, 1.807) is 0 Å². The van der Waals surface area contributed by atoms with Crippen molar-refractivity contribution in [2.45, 2.75) is 0 Å². The maximum absolute atomic E-state index is 6.27. The van der Waals surface area contributed by atoms with Crippen molar-refractivity contribution in [2.75, 3.05) is 4.90 Å². The van der Waals surface area contributed by atoms with Crippen molar-refractivity contribution < 1.29 is 4.42 Å². The van der Waals surface area contributed by atoms with Gasteiger partial charge in [-0.05, 0) is 105 Å². The molecule has 0 unspecified atom stereocenters. The van der Waals surface area contributed by atoms with E-state index in [4.69, 9.17) is 4.42 Å². The lowest BCUT2D eigenvalue weighted by Crippen LogP contribution is -2.10. The lowest BCUT2D eigenvalue weighted by Gasteiger charge is -2.26. The molecule has 57 heavy (non-hydrogen) atoms. The standard InChI is InChI=1S/C54H35NOS/c1-3-12-36(13-4-1)38-24-28-43(29-25-38)55(44-30-26-39(27-31-44)37-14-5-2-6-15-37)45-19-10-17-41(35-45)40-16-9-18-42(34-40)46-21-11-22-47-48-32-33-51-52(54(48)57-53(46)47)49-20-7-8-23-50(49)56-51/h1-35H. The molecule has 9 aromatic carbocycles. The van der Waals surface area contributed by atoms with Gasteiger partial charge in [0.1, 0.15) is 11.2 Å². The highest BCUT2D eigenvalue weighted by Gasteiger charge is 2.18. The highest BCUT2D eigenvalue weighted by molar-refractivity contribution is 7.27. The molecule has 0 saturated heterocycles. The highest BCUT2D eigenvalue weighted by Crippen LogP contribution is 2.46. The van der Waals surface area contributed by atoms with Gasteiger partial charge < -0.3 is 9.32 Å². The molecule has 0 fully saturated rings. The van der Waals surface area contributed by atoms with E-state index in [1.807, 2.05) is 17.4 Å². The Labute approximate surface area is 335 Å². The van der Waals surface area contributed by atoms with E-state index < -0.39 is 0 Å². The predicted octanol–water partition coefficient (Wildman–Crippen LogP) is 16.1. The summed E-state index contributed by atoms with van der Waals surface area (Å²) in [5.41, 5.74) is 14.8. The number of anilines is 3. The Bertz CT molecular complexity index is 3130. The summed E-state index contributed by atoms with van der Waals surface area (Å²) in [5, 5.41) is 4.92. The number of rotatable bonds is 7. The van der Waals surface area contributed by atoms with Gasteiger partial charge in [0.2, 0.25) is 0 Å². The normalized spacial score (nSPS) is 11.5. The van der Waals surface area contributed by atoms with Crippen LogP contribution in [0.15, 0.2) is 217 Å². The monoisotopic (exact) mass is 745 g/mol. The molecule has 2 heterocycles. The number of nitrogens with zero attached hydrogens (tertiary/aromatic N) is 1. The number of hydrogen-bond donors (Lipinski definition) is 0. The van der Waals surface area contributed by atoms with Gasteiger partial charge in [-0.1, -0.05) is 152 Å². The van der Waals surface area contributed by atoms with Crippen LogP contribution >= 0.6 is 11.3 Å². The fraction of sp³-hybridized carbons (Fsp3) is 0. The van der Waals surface area contributed by atoms with Crippen LogP contribution in [-0.2, 0) is 0 Å². The second-order valence-electron chi connectivity index (χ2n) is 14.5. The van der Waals surface area contributed by atoms with E-state index in [9.17, 15) is 0 Å². The van der Waals surface area contributed by atoms with Crippen molar-refractivity contribution in [2.24, 2.45) is 0 Å². The third-order valence-electron chi connectivity index (χ3n) is 11.1. The maximum atomic E-state index is 6.27. The van der Waals surface area contributed by atoms with Gasteiger partial charge in [-0.15, -0.1) is 11.3 Å². The Kier molecular flexibility index (Phi) is 8.04. The van der Waals surface area contributed by atoms with E-state index >= 15 is 0 Å². The van der Waals surface area contributed by atoms with Crippen LogP contribution in [0.2, 0.25) is 0 Å². The minimum atomic E-state index is 0.930. The molecule has 0 atom stereocenters. The minimum Gasteiger partial charge on any atom is -0.456 e. The molecule has 0 saturated carbocycles. The maximum Gasteiger partial charge on any atom is 0.136 e. The van der Waals surface area contributed by atoms with Gasteiger partial charge >= 0.3 is 0 Å². The minimum absolute atomic E-state index is 0.930. The first-order valence-corrected chi connectivity index (χ1v) is 20.1. The number of hydrogen-bond acceptors (Lipinski definition) is 3. The summed E-state index contributed by atoms with van der Waals surface area (Å²) in [6.07, 6.45) is 0. The zero-order valence-electron chi connectivity index (χ0n) is 31.0. The molecule has 3 heteroatoms. The molecule has 0 aliphatic carbocycles. The van der Waals surface area contributed by atoms with Crippen LogP contribution in [0, 0.1) is 0 Å². The van der Waals surface area contributed by atoms with Crippen LogP contribution < -0.4 is 4.90 Å². The number of thiophene rings is 1. The second-order valence-corrected chi connectivity index (χ2v) is 15.5. The largest absolute Gasteiger partial charge is 0.456 e. The molecular formula is C54H35NOS. The number of fused-ring (bicyclic) bond motifs is 7. The Morgan fingerprint density at radius 3 is 1.54 bits per heavy atom. The molecule has 0 aliphatic heterocycles. The zero-order valence-corrected chi connectivity index (χ0v) is 31.8. The van der Waals surface area contributed by atoms with Crippen LogP contribution in [0.3, 0.4) is 0 Å². The molecule has 0 amide bonds. The summed E-state index contributed by atoms with van der Waals surface area (Å²) in [6, 6.07) is 76.3. The van der Waals surface area contributed by atoms with E-state index in [2.05, 4.69) is 211 Å². The summed E-state index contributed by atoms with van der Waals surface area (Å²) in [5.74, 6) is 0. The van der Waals surface area contributed by atoms with E-state index in [0.717, 1.165) is 33.8 Å². The van der Waals surface area contributed by atoms with Crippen molar-refractivity contribution in [1.29, 1.82) is 0 Å². The van der Waals surface area contributed by atoms with Crippen LogP contribution in [-0.4, -0.2) is 0 Å². The summed E-state index contributed by atoms with van der Waals surface area (Å²) >= 11 is 1.87. The Hall–Kier alpha value is -7.20. The second kappa shape index (κ2) is 13.8. The Balaban J connectivity index is 0.999. The SMILES string of the molecule is c1ccc(-c2ccc(N(c3ccc(-c4ccccc4)cc3)c3cccc(-c4cccc(-c5cccc6c5sc5c6ccc6oc7ccccc7c65)c4)c3)cc2)cc1. The van der Waals surface area contributed by atoms with Crippen LogP contribution in [0.5, 0.6) is 0 Å². The first-order chi connectivity index (χ1) is 28.2. The van der Waals surface area contributed by atoms with Gasteiger partial charge in [0, 0.05) is 48.0 Å². The topological polar surface area (TPSA) is 16.4 Å². The molecule has 0 bridgehead atoms. The highest BCUT2D eigenvalue weighted by atomic mass is 32.1. The quantitative estimate of drug-likeness (QED) is 0.162. The summed E-state index contributed by atoms with van der Waals surface area (Å²) in [4.78, 5) is 2.36. The van der Waals surface area contributed by atoms with Gasteiger partial charge in [-0.25, -0.2) is 0 Å². The molecule has 0 N–H and O–H groups in total. The van der Waals surface area contributed by atoms with Gasteiger partial charge in [0.05, 0.1) is 0 Å². The van der Waals surface area contributed by atoms with Crippen LogP contribution in [0.25, 0.3) is 86.6 Å². The summed E-state index contributed by atoms with van der Waals surface area (Å²) in [7, 11) is 0. The van der Waals surface area contributed by atoms with Crippen molar-refractivity contribution in [3.63, 3.8) is 0 Å². The molecule has 11 rings (SSSR count). The molecule has 11 aromatic rings. The zero-order chi connectivity index (χ0) is 37.7. The number of benzene rings is 9. The third kappa shape index (κ3) is 5.88. The van der Waals surface area contributed by atoms with Crippen molar-refractivity contribution in [1.82, 2.24) is 0 Å². The lowest BCUT2D eigenvalue weighted by molar-refractivity contribution is 0.669. The molecule has 268 valence electrons. The smallest absolute Gasteiger partial charge is 0.136 e. The van der Waals surface area contributed by atoms with Crippen molar-refractivity contribution in [3.05, 3.63) is 212 Å². The number of furan rings is 1.